The van der Waals surface area contributed by atoms with Crippen molar-refractivity contribution < 1.29 is 16.8 Å². The van der Waals surface area contributed by atoms with Crippen molar-refractivity contribution in [3.05, 3.63) is 22.6 Å². The minimum atomic E-state index is -3.87. The molecule has 0 spiro atoms. The molecule has 1 aliphatic rings. The van der Waals surface area contributed by atoms with E-state index in [1.165, 1.54) is 6.08 Å². The summed E-state index contributed by atoms with van der Waals surface area (Å²) in [5.41, 5.74) is 1.15. The maximum atomic E-state index is 11.9. The van der Waals surface area contributed by atoms with Gasteiger partial charge in [-0.05, 0) is 24.0 Å². The number of hydrogen-bond acceptors (Lipinski definition) is 5. The number of hydrogen-bond donors (Lipinski definition) is 1. The van der Waals surface area contributed by atoms with Crippen molar-refractivity contribution in [1.29, 1.82) is 0 Å². The van der Waals surface area contributed by atoms with Gasteiger partial charge in [0.1, 0.15) is 8.42 Å². The monoisotopic (exact) mass is 307 g/mol. The van der Waals surface area contributed by atoms with Crippen molar-refractivity contribution >= 4 is 31.2 Å². The molecule has 100 valence electrons. The fraction of sp³-hybridized carbons (Fsp3) is 0.400. The molecule has 0 fully saturated rings. The molecule has 1 aromatic rings. The molecule has 0 saturated heterocycles. The normalized spacial score (nSPS) is 17.7. The molecule has 8 heteroatoms. The van der Waals surface area contributed by atoms with Crippen LogP contribution in [0.25, 0.3) is 0 Å². The average molecular weight is 307 g/mol. The first kappa shape index (κ1) is 13.7. The highest BCUT2D eigenvalue weighted by atomic mass is 32.3. The highest BCUT2D eigenvalue weighted by Crippen LogP contribution is 2.39. The number of allylic oxidation sites excluding steroid dienone is 1. The lowest BCUT2D eigenvalue weighted by atomic mass is 10.1. The molecule has 0 bridgehead atoms. The van der Waals surface area contributed by atoms with Crippen LogP contribution in [0, 0.1) is 0 Å². The lowest BCUT2D eigenvalue weighted by Crippen LogP contribution is -2.13. The zero-order valence-corrected chi connectivity index (χ0v) is 12.2. The van der Waals surface area contributed by atoms with Crippen molar-refractivity contribution in [2.45, 2.75) is 34.6 Å². The predicted molar refractivity (Wildman–Crippen MR) is 69.7 cm³/mol. The molecular formula is C10H13NO4S3. The van der Waals surface area contributed by atoms with Gasteiger partial charge in [-0.2, -0.15) is 0 Å². The van der Waals surface area contributed by atoms with Crippen molar-refractivity contribution in [3.63, 3.8) is 0 Å². The van der Waals surface area contributed by atoms with E-state index in [0.29, 0.717) is 24.0 Å². The predicted octanol–water partition coefficient (Wildman–Crippen LogP) is 1.19. The van der Waals surface area contributed by atoms with Gasteiger partial charge in [0.15, 0.2) is 0 Å². The molecule has 2 rings (SSSR count). The maximum Gasteiger partial charge on any atom is 0.247 e. The van der Waals surface area contributed by atoms with Crippen LogP contribution in [0.15, 0.2) is 19.9 Å². The highest BCUT2D eigenvalue weighted by Gasteiger charge is 2.30. The molecule has 0 atom stereocenters. The molecule has 0 radical (unpaired) electrons. The Kier molecular flexibility index (Phi) is 3.39. The van der Waals surface area contributed by atoms with Gasteiger partial charge < -0.3 is 0 Å². The summed E-state index contributed by atoms with van der Waals surface area (Å²) >= 11 is 0.764. The summed E-state index contributed by atoms with van der Waals surface area (Å²) in [7, 11) is -7.38. The van der Waals surface area contributed by atoms with Crippen LogP contribution in [0.1, 0.15) is 24.5 Å². The molecule has 1 aromatic heterocycles. The third-order valence-electron chi connectivity index (χ3n) is 2.66. The van der Waals surface area contributed by atoms with E-state index in [-0.39, 0.29) is 8.42 Å². The van der Waals surface area contributed by atoms with Crippen LogP contribution >= 0.6 is 11.3 Å². The van der Waals surface area contributed by atoms with Crippen molar-refractivity contribution in [1.82, 2.24) is 0 Å². The molecule has 5 nitrogen and oxygen atoms in total. The van der Waals surface area contributed by atoms with Gasteiger partial charge in [0.2, 0.25) is 19.9 Å². The van der Waals surface area contributed by atoms with Gasteiger partial charge >= 0.3 is 0 Å². The van der Waals surface area contributed by atoms with Crippen molar-refractivity contribution in [2.24, 2.45) is 5.14 Å². The smallest absolute Gasteiger partial charge is 0.224 e. The summed E-state index contributed by atoms with van der Waals surface area (Å²) in [5.74, 6) is 0. The second kappa shape index (κ2) is 4.44. The van der Waals surface area contributed by atoms with E-state index in [4.69, 9.17) is 5.14 Å². The Hall–Kier alpha value is -0.700. The first-order chi connectivity index (χ1) is 8.27. The number of sulfonamides is 1. The van der Waals surface area contributed by atoms with Gasteiger partial charge in [-0.25, -0.2) is 22.0 Å². The fourth-order valence-electron chi connectivity index (χ4n) is 1.98. The van der Waals surface area contributed by atoms with Crippen LogP contribution < -0.4 is 5.14 Å². The number of rotatable bonds is 3. The molecule has 1 aliphatic heterocycles. The summed E-state index contributed by atoms with van der Waals surface area (Å²) in [4.78, 5) is 0. The number of primary sulfonamides is 1. The molecule has 2 heterocycles. The van der Waals surface area contributed by atoms with Gasteiger partial charge in [-0.3, -0.25) is 0 Å². The van der Waals surface area contributed by atoms with Crippen LogP contribution in [0.2, 0.25) is 0 Å². The molecular weight excluding hydrogens is 294 g/mol. The van der Waals surface area contributed by atoms with Gasteiger partial charge in [0.25, 0.3) is 0 Å². The fourth-order valence-corrected chi connectivity index (χ4v) is 6.17. The summed E-state index contributed by atoms with van der Waals surface area (Å²) in [6.45, 7) is 1.91. The Balaban J connectivity index is 2.77. The summed E-state index contributed by atoms with van der Waals surface area (Å²) in [6.07, 6.45) is 3.22. The van der Waals surface area contributed by atoms with Crippen LogP contribution in [-0.4, -0.2) is 16.8 Å². The van der Waals surface area contributed by atoms with E-state index in [1.54, 1.807) is 0 Å². The minimum Gasteiger partial charge on any atom is -0.224 e. The third-order valence-corrected chi connectivity index (χ3v) is 7.49. The first-order valence-corrected chi connectivity index (χ1v) is 9.27. The standard InChI is InChI=1S/C10H13NO4S3/c1-2-4-7-8-5-3-6-17(12,13)9(8)16-10(7)18(11,14)15/h3,6H,2,4-5H2,1H3,(H2,11,14,15). The maximum absolute atomic E-state index is 11.9. The van der Waals surface area contributed by atoms with Crippen LogP contribution in [-0.2, 0) is 32.7 Å². The first-order valence-electron chi connectivity index (χ1n) is 5.36. The Morgan fingerprint density at radius 1 is 1.44 bits per heavy atom. The molecule has 0 amide bonds. The van der Waals surface area contributed by atoms with Crippen LogP contribution in [0.4, 0.5) is 0 Å². The SMILES string of the molecule is CCCc1c(S(N)(=O)=O)sc2c1CC=CS2(=O)=O. The second-order valence-corrected chi connectivity index (χ2v) is 8.86. The summed E-state index contributed by atoms with van der Waals surface area (Å²) in [5, 5.41) is 6.28. The Labute approximate surface area is 110 Å². The average Bonchev–Trinajstić information content (AvgIpc) is 2.58. The topological polar surface area (TPSA) is 94.3 Å². The zero-order chi connectivity index (χ0) is 13.6. The molecule has 0 saturated carbocycles. The largest absolute Gasteiger partial charge is 0.247 e. The van der Waals surface area contributed by atoms with Crippen LogP contribution in [0.5, 0.6) is 0 Å². The highest BCUT2D eigenvalue weighted by molar-refractivity contribution is 7.97. The number of sulfone groups is 1. The Bertz CT molecular complexity index is 711. The molecule has 0 unspecified atom stereocenters. The number of thiophene rings is 1. The third kappa shape index (κ3) is 2.25. The van der Waals surface area contributed by atoms with Gasteiger partial charge in [-0.15, -0.1) is 11.3 Å². The lowest BCUT2D eigenvalue weighted by molar-refractivity contribution is 0.598. The second-order valence-electron chi connectivity index (χ2n) is 4.05. The molecule has 18 heavy (non-hydrogen) atoms. The Morgan fingerprint density at radius 2 is 2.11 bits per heavy atom. The Morgan fingerprint density at radius 3 is 2.67 bits per heavy atom. The van der Waals surface area contributed by atoms with Crippen molar-refractivity contribution in [2.75, 3.05) is 0 Å². The van der Waals surface area contributed by atoms with Crippen molar-refractivity contribution in [3.8, 4) is 0 Å². The van der Waals surface area contributed by atoms with E-state index in [0.717, 1.165) is 23.2 Å². The van der Waals surface area contributed by atoms with Crippen LogP contribution in [0.3, 0.4) is 0 Å². The van der Waals surface area contributed by atoms with Gasteiger partial charge in [0, 0.05) is 5.41 Å². The molecule has 0 aliphatic carbocycles. The molecule has 2 N–H and O–H groups in total. The number of fused-ring (bicyclic) bond motifs is 1. The van der Waals surface area contributed by atoms with E-state index in [9.17, 15) is 16.8 Å². The van der Waals surface area contributed by atoms with E-state index < -0.39 is 19.9 Å². The zero-order valence-electron chi connectivity index (χ0n) is 9.71. The van der Waals surface area contributed by atoms with E-state index in [1.807, 2.05) is 6.92 Å². The minimum absolute atomic E-state index is 0.0124. The quantitative estimate of drug-likeness (QED) is 0.907. The van der Waals surface area contributed by atoms with Gasteiger partial charge in [0.05, 0.1) is 0 Å². The number of nitrogens with two attached hydrogens (primary N) is 1. The van der Waals surface area contributed by atoms with E-state index >= 15 is 0 Å². The molecule has 0 aromatic carbocycles. The summed E-state index contributed by atoms with van der Waals surface area (Å²) < 4.78 is 46.9. The van der Waals surface area contributed by atoms with E-state index in [2.05, 4.69) is 0 Å². The van der Waals surface area contributed by atoms with Gasteiger partial charge in [-0.1, -0.05) is 19.4 Å². The summed E-state index contributed by atoms with van der Waals surface area (Å²) in [6, 6.07) is 0. The lowest BCUT2D eigenvalue weighted by Gasteiger charge is -2.08.